The minimum Gasteiger partial charge on any atom is -0.496 e. The van der Waals surface area contributed by atoms with Crippen LogP contribution in [0.4, 0.5) is 0 Å². The molecule has 1 aromatic carbocycles. The lowest BCUT2D eigenvalue weighted by Crippen LogP contribution is -2.11. The van der Waals surface area contributed by atoms with Crippen molar-refractivity contribution in [3.05, 3.63) is 35.5 Å². The standard InChI is InChI=1S/C15H21N3O/c1-5-16-9-12-10-18(3)17-15(12)13-8-11(2)6-7-14(13)19-4/h6-8,10,16H,5,9H2,1-4H3. The van der Waals surface area contributed by atoms with Crippen LogP contribution in [0.1, 0.15) is 18.1 Å². The molecule has 19 heavy (non-hydrogen) atoms. The first-order valence-corrected chi connectivity index (χ1v) is 6.54. The fourth-order valence-corrected chi connectivity index (χ4v) is 2.16. The zero-order valence-electron chi connectivity index (χ0n) is 12.0. The summed E-state index contributed by atoms with van der Waals surface area (Å²) in [7, 11) is 3.64. The molecule has 0 spiro atoms. The van der Waals surface area contributed by atoms with Gasteiger partial charge in [-0.2, -0.15) is 5.10 Å². The second-order valence-electron chi connectivity index (χ2n) is 4.66. The Hall–Kier alpha value is -1.81. The third kappa shape index (κ3) is 2.96. The van der Waals surface area contributed by atoms with Crippen LogP contribution in [0.5, 0.6) is 5.75 Å². The van der Waals surface area contributed by atoms with Crippen molar-refractivity contribution < 1.29 is 4.74 Å². The Labute approximate surface area is 114 Å². The maximum absolute atomic E-state index is 5.45. The summed E-state index contributed by atoms with van der Waals surface area (Å²) in [5, 5.41) is 7.93. The highest BCUT2D eigenvalue weighted by atomic mass is 16.5. The molecule has 0 amide bonds. The molecule has 0 fully saturated rings. The topological polar surface area (TPSA) is 39.1 Å². The van der Waals surface area contributed by atoms with Gasteiger partial charge in [-0.1, -0.05) is 18.6 Å². The number of ether oxygens (including phenoxy) is 1. The number of hydrogen-bond acceptors (Lipinski definition) is 3. The van der Waals surface area contributed by atoms with E-state index in [4.69, 9.17) is 4.74 Å². The highest BCUT2D eigenvalue weighted by molar-refractivity contribution is 5.70. The summed E-state index contributed by atoms with van der Waals surface area (Å²) in [4.78, 5) is 0. The first kappa shape index (κ1) is 13.6. The number of aryl methyl sites for hydroxylation is 2. The predicted octanol–water partition coefficient (Wildman–Crippen LogP) is 2.51. The van der Waals surface area contributed by atoms with Crippen molar-refractivity contribution in [2.75, 3.05) is 13.7 Å². The van der Waals surface area contributed by atoms with E-state index in [2.05, 4.69) is 42.6 Å². The maximum atomic E-state index is 5.45. The summed E-state index contributed by atoms with van der Waals surface area (Å²) in [6, 6.07) is 6.17. The highest BCUT2D eigenvalue weighted by Crippen LogP contribution is 2.31. The van der Waals surface area contributed by atoms with Gasteiger partial charge in [-0.15, -0.1) is 0 Å². The molecular weight excluding hydrogens is 238 g/mol. The SMILES string of the molecule is CCNCc1cn(C)nc1-c1cc(C)ccc1OC. The molecule has 4 nitrogen and oxygen atoms in total. The second kappa shape index (κ2) is 5.89. The van der Waals surface area contributed by atoms with Gasteiger partial charge in [-0.05, 0) is 25.6 Å². The third-order valence-electron chi connectivity index (χ3n) is 3.08. The quantitative estimate of drug-likeness (QED) is 0.896. The molecular formula is C15H21N3O. The van der Waals surface area contributed by atoms with Crippen molar-refractivity contribution in [3.63, 3.8) is 0 Å². The Bertz CT molecular complexity index is 561. The first-order valence-electron chi connectivity index (χ1n) is 6.54. The van der Waals surface area contributed by atoms with Gasteiger partial charge in [-0.3, -0.25) is 4.68 Å². The number of nitrogens with one attached hydrogen (secondary N) is 1. The van der Waals surface area contributed by atoms with Crippen LogP contribution < -0.4 is 10.1 Å². The van der Waals surface area contributed by atoms with E-state index < -0.39 is 0 Å². The first-order chi connectivity index (χ1) is 9.15. The Kier molecular flexibility index (Phi) is 4.22. The summed E-state index contributed by atoms with van der Waals surface area (Å²) in [5.74, 6) is 0.863. The van der Waals surface area contributed by atoms with E-state index in [9.17, 15) is 0 Å². The van der Waals surface area contributed by atoms with Gasteiger partial charge >= 0.3 is 0 Å². The van der Waals surface area contributed by atoms with Crippen LogP contribution in [-0.2, 0) is 13.6 Å². The number of aromatic nitrogens is 2. The number of benzene rings is 1. The Morgan fingerprint density at radius 3 is 2.84 bits per heavy atom. The molecule has 0 aliphatic rings. The average molecular weight is 259 g/mol. The molecule has 2 rings (SSSR count). The van der Waals surface area contributed by atoms with Crippen molar-refractivity contribution in [2.24, 2.45) is 7.05 Å². The van der Waals surface area contributed by atoms with Gasteiger partial charge in [0, 0.05) is 30.9 Å². The van der Waals surface area contributed by atoms with Crippen molar-refractivity contribution in [1.29, 1.82) is 0 Å². The summed E-state index contributed by atoms with van der Waals surface area (Å²) in [6.07, 6.45) is 2.06. The minimum absolute atomic E-state index is 0.816. The van der Waals surface area contributed by atoms with E-state index in [0.29, 0.717) is 0 Å². The molecule has 0 radical (unpaired) electrons. The van der Waals surface area contributed by atoms with E-state index in [1.807, 2.05) is 17.8 Å². The van der Waals surface area contributed by atoms with Gasteiger partial charge in [0.2, 0.25) is 0 Å². The normalized spacial score (nSPS) is 10.7. The zero-order valence-corrected chi connectivity index (χ0v) is 12.0. The number of nitrogens with zero attached hydrogens (tertiary/aromatic N) is 2. The predicted molar refractivity (Wildman–Crippen MR) is 77.3 cm³/mol. The molecule has 0 unspecified atom stereocenters. The van der Waals surface area contributed by atoms with E-state index in [-0.39, 0.29) is 0 Å². The van der Waals surface area contributed by atoms with Gasteiger partial charge in [0.05, 0.1) is 7.11 Å². The van der Waals surface area contributed by atoms with Crippen LogP contribution in [-0.4, -0.2) is 23.4 Å². The second-order valence-corrected chi connectivity index (χ2v) is 4.66. The van der Waals surface area contributed by atoms with Crippen LogP contribution in [0, 0.1) is 6.92 Å². The van der Waals surface area contributed by atoms with E-state index in [1.54, 1.807) is 7.11 Å². The molecule has 1 aromatic heterocycles. The molecule has 0 saturated carbocycles. The summed E-state index contributed by atoms with van der Waals surface area (Å²) in [5.41, 5.74) is 4.43. The summed E-state index contributed by atoms with van der Waals surface area (Å²) >= 11 is 0. The van der Waals surface area contributed by atoms with Gasteiger partial charge in [0.15, 0.2) is 0 Å². The Balaban J connectivity index is 2.48. The van der Waals surface area contributed by atoms with E-state index in [1.165, 1.54) is 11.1 Å². The Morgan fingerprint density at radius 2 is 2.16 bits per heavy atom. The number of hydrogen-bond donors (Lipinski definition) is 1. The number of rotatable bonds is 5. The monoisotopic (exact) mass is 259 g/mol. The molecule has 0 atom stereocenters. The lowest BCUT2D eigenvalue weighted by Gasteiger charge is -2.09. The highest BCUT2D eigenvalue weighted by Gasteiger charge is 2.14. The fraction of sp³-hybridized carbons (Fsp3) is 0.400. The molecule has 0 saturated heterocycles. The van der Waals surface area contributed by atoms with E-state index in [0.717, 1.165) is 30.1 Å². The lowest BCUT2D eigenvalue weighted by molar-refractivity contribution is 0.416. The van der Waals surface area contributed by atoms with Crippen molar-refractivity contribution in [1.82, 2.24) is 15.1 Å². The lowest BCUT2D eigenvalue weighted by atomic mass is 10.0. The van der Waals surface area contributed by atoms with Crippen LogP contribution in [0.15, 0.2) is 24.4 Å². The molecule has 2 aromatic rings. The molecule has 1 heterocycles. The summed E-state index contributed by atoms with van der Waals surface area (Å²) in [6.45, 7) is 5.94. The minimum atomic E-state index is 0.816. The molecule has 4 heteroatoms. The molecule has 0 aliphatic heterocycles. The van der Waals surface area contributed by atoms with Gasteiger partial charge in [0.25, 0.3) is 0 Å². The van der Waals surface area contributed by atoms with Crippen molar-refractivity contribution >= 4 is 0 Å². The zero-order chi connectivity index (χ0) is 13.8. The summed E-state index contributed by atoms with van der Waals surface area (Å²) < 4.78 is 7.30. The van der Waals surface area contributed by atoms with Crippen LogP contribution >= 0.6 is 0 Å². The largest absolute Gasteiger partial charge is 0.496 e. The number of methoxy groups -OCH3 is 1. The van der Waals surface area contributed by atoms with Crippen LogP contribution in [0.3, 0.4) is 0 Å². The van der Waals surface area contributed by atoms with Gasteiger partial charge < -0.3 is 10.1 Å². The fourth-order valence-electron chi connectivity index (χ4n) is 2.16. The van der Waals surface area contributed by atoms with Crippen molar-refractivity contribution in [2.45, 2.75) is 20.4 Å². The van der Waals surface area contributed by atoms with Gasteiger partial charge in [0.1, 0.15) is 11.4 Å². The smallest absolute Gasteiger partial charge is 0.128 e. The van der Waals surface area contributed by atoms with Crippen molar-refractivity contribution in [3.8, 4) is 17.0 Å². The van der Waals surface area contributed by atoms with Gasteiger partial charge in [-0.25, -0.2) is 0 Å². The molecule has 1 N–H and O–H groups in total. The van der Waals surface area contributed by atoms with Crippen LogP contribution in [0.2, 0.25) is 0 Å². The average Bonchev–Trinajstić information content (AvgIpc) is 2.77. The Morgan fingerprint density at radius 1 is 1.37 bits per heavy atom. The molecule has 0 bridgehead atoms. The molecule has 102 valence electrons. The molecule has 0 aliphatic carbocycles. The third-order valence-corrected chi connectivity index (χ3v) is 3.08. The maximum Gasteiger partial charge on any atom is 0.128 e. The van der Waals surface area contributed by atoms with E-state index >= 15 is 0 Å². The van der Waals surface area contributed by atoms with Crippen LogP contribution in [0.25, 0.3) is 11.3 Å².